The Morgan fingerprint density at radius 3 is 1.51 bits per heavy atom. The van der Waals surface area contributed by atoms with E-state index in [-0.39, 0.29) is 39.9 Å². The molecular weight excluding hydrogens is 500 g/mol. The van der Waals surface area contributed by atoms with Crippen molar-refractivity contribution in [3.63, 3.8) is 0 Å². The molecule has 0 heterocycles. The van der Waals surface area contributed by atoms with Gasteiger partial charge in [-0.3, -0.25) is 0 Å². The smallest absolute Gasteiger partial charge is 0.344 e. The lowest BCUT2D eigenvalue weighted by atomic mass is 9.87. The highest BCUT2D eigenvalue weighted by Crippen LogP contribution is 2.37. The molecule has 0 amide bonds. The summed E-state index contributed by atoms with van der Waals surface area (Å²) in [7, 11) is -0.263. The molecule has 0 radical (unpaired) electrons. The van der Waals surface area contributed by atoms with Gasteiger partial charge in [0.15, 0.2) is 21.3 Å². The molecule has 0 saturated heterocycles. The van der Waals surface area contributed by atoms with E-state index in [2.05, 4.69) is 109 Å². The Balaban J connectivity index is 1.55. The Kier molecular flexibility index (Phi) is 8.85. The summed E-state index contributed by atoms with van der Waals surface area (Å²) < 4.78 is 11.7. The Bertz CT molecular complexity index is 1170. The molecule has 1 saturated carbocycles. The van der Waals surface area contributed by atoms with E-state index >= 15 is 0 Å². The first kappa shape index (κ1) is 29.3. The number of rotatable bonds is 8. The monoisotopic (exact) mass is 545 g/mol. The van der Waals surface area contributed by atoms with E-state index in [1.807, 2.05) is 12.1 Å². The molecule has 1 fully saturated rings. The van der Waals surface area contributed by atoms with E-state index in [1.54, 1.807) is 0 Å². The molecule has 39 heavy (non-hydrogen) atoms. The average Bonchev–Trinajstić information content (AvgIpc) is 3.37. The van der Waals surface area contributed by atoms with E-state index in [9.17, 15) is 4.79 Å². The topological polar surface area (TPSA) is 35.5 Å². The molecular formula is C35H45O3S+. The van der Waals surface area contributed by atoms with Gasteiger partial charge in [-0.15, -0.1) is 0 Å². The van der Waals surface area contributed by atoms with Crippen LogP contribution in [0.3, 0.4) is 0 Å². The first-order chi connectivity index (χ1) is 18.4. The summed E-state index contributed by atoms with van der Waals surface area (Å²) in [5.74, 6) is 0.405. The maximum atomic E-state index is 12.5. The van der Waals surface area contributed by atoms with Gasteiger partial charge in [0, 0.05) is 0 Å². The normalized spacial score (nSPS) is 15.4. The second kappa shape index (κ2) is 11.8. The SMILES string of the molecule is CCC1(OC(=O)COc2ccc([S+](c3ccc(C(C)(C)C)cc3)c3ccc(C(C)(C)C)cc3)cc2)CCCC1. The molecule has 3 nitrogen and oxygen atoms in total. The zero-order valence-corrected chi connectivity index (χ0v) is 25.6. The fourth-order valence-corrected chi connectivity index (χ4v) is 7.26. The molecule has 1 aliphatic rings. The van der Waals surface area contributed by atoms with Crippen LogP contribution in [0.1, 0.15) is 91.7 Å². The summed E-state index contributed by atoms with van der Waals surface area (Å²) in [5, 5.41) is 0. The standard InChI is InChI=1S/C35H45O3S/c1-8-35(23-9-10-24-35)38-32(36)25-37-28-15-21-31(22-16-28)39(29-17-11-26(12-18-29)33(2,3)4)30-19-13-27(14-20-30)34(5,6)7/h11-22H,8-10,23-25H2,1-7H3/q+1. The first-order valence-corrected chi connectivity index (χ1v) is 15.5. The second-order valence-electron chi connectivity index (χ2n) is 12.8. The molecule has 0 aliphatic heterocycles. The number of hydrogen-bond acceptors (Lipinski definition) is 3. The molecule has 208 valence electrons. The minimum atomic E-state index is -0.288. The van der Waals surface area contributed by atoms with E-state index in [0.717, 1.165) is 32.1 Å². The van der Waals surface area contributed by atoms with Crippen LogP contribution in [0.15, 0.2) is 87.5 Å². The molecule has 3 aromatic rings. The lowest BCUT2D eigenvalue weighted by Crippen LogP contribution is -2.33. The van der Waals surface area contributed by atoms with E-state index in [4.69, 9.17) is 9.47 Å². The van der Waals surface area contributed by atoms with Crippen molar-refractivity contribution in [3.05, 3.63) is 83.9 Å². The Morgan fingerprint density at radius 2 is 1.13 bits per heavy atom. The van der Waals surface area contributed by atoms with Gasteiger partial charge in [-0.25, -0.2) is 4.79 Å². The third-order valence-corrected chi connectivity index (χ3v) is 10.0. The molecule has 3 aromatic carbocycles. The highest BCUT2D eigenvalue weighted by molar-refractivity contribution is 7.97. The fourth-order valence-electron chi connectivity index (χ4n) is 5.22. The van der Waals surface area contributed by atoms with Crippen molar-refractivity contribution in [2.45, 2.75) is 112 Å². The van der Waals surface area contributed by atoms with Gasteiger partial charge < -0.3 is 9.47 Å². The van der Waals surface area contributed by atoms with Crippen molar-refractivity contribution in [2.24, 2.45) is 0 Å². The molecule has 0 atom stereocenters. The quantitative estimate of drug-likeness (QED) is 0.209. The van der Waals surface area contributed by atoms with Gasteiger partial charge in [0.05, 0.1) is 10.9 Å². The maximum Gasteiger partial charge on any atom is 0.344 e. The van der Waals surface area contributed by atoms with Crippen molar-refractivity contribution in [3.8, 4) is 5.75 Å². The molecule has 1 aliphatic carbocycles. The predicted molar refractivity (Wildman–Crippen MR) is 162 cm³/mol. The molecule has 0 aromatic heterocycles. The van der Waals surface area contributed by atoms with Crippen LogP contribution in [0.5, 0.6) is 5.75 Å². The first-order valence-electron chi connectivity index (χ1n) is 14.3. The Hall–Kier alpha value is -2.72. The fraction of sp³-hybridized carbons (Fsp3) is 0.457. The largest absolute Gasteiger partial charge is 0.482 e. The van der Waals surface area contributed by atoms with Crippen LogP contribution < -0.4 is 4.74 Å². The number of hydrogen-bond donors (Lipinski definition) is 0. The summed E-state index contributed by atoms with van der Waals surface area (Å²) >= 11 is 0. The molecule has 0 N–H and O–H groups in total. The second-order valence-corrected chi connectivity index (χ2v) is 14.9. The number of benzene rings is 3. The van der Waals surface area contributed by atoms with Crippen LogP contribution >= 0.6 is 0 Å². The van der Waals surface area contributed by atoms with Gasteiger partial charge in [0.2, 0.25) is 0 Å². The summed E-state index contributed by atoms with van der Waals surface area (Å²) in [6.45, 7) is 15.5. The van der Waals surface area contributed by atoms with E-state index < -0.39 is 0 Å². The summed E-state index contributed by atoms with van der Waals surface area (Å²) in [6, 6.07) is 26.3. The minimum Gasteiger partial charge on any atom is -0.482 e. The van der Waals surface area contributed by atoms with Crippen molar-refractivity contribution in [1.82, 2.24) is 0 Å². The van der Waals surface area contributed by atoms with Crippen LogP contribution in [-0.2, 0) is 31.3 Å². The Morgan fingerprint density at radius 1 is 0.718 bits per heavy atom. The highest BCUT2D eigenvalue weighted by Gasteiger charge is 2.36. The van der Waals surface area contributed by atoms with E-state index in [0.29, 0.717) is 5.75 Å². The van der Waals surface area contributed by atoms with Crippen LogP contribution in [0.4, 0.5) is 0 Å². The van der Waals surface area contributed by atoms with Gasteiger partial charge >= 0.3 is 5.97 Å². The molecule has 4 rings (SSSR count). The lowest BCUT2D eigenvalue weighted by Gasteiger charge is -2.27. The number of esters is 1. The van der Waals surface area contributed by atoms with Crippen molar-refractivity contribution < 1.29 is 14.3 Å². The van der Waals surface area contributed by atoms with Gasteiger partial charge in [-0.1, -0.05) is 72.7 Å². The lowest BCUT2D eigenvalue weighted by molar-refractivity contribution is -0.162. The number of carbonyl (C=O) groups is 1. The molecule has 0 bridgehead atoms. The third-order valence-electron chi connectivity index (χ3n) is 7.82. The van der Waals surface area contributed by atoms with Crippen LogP contribution in [-0.4, -0.2) is 18.2 Å². The highest BCUT2D eigenvalue weighted by atomic mass is 32.2. The minimum absolute atomic E-state index is 0.0602. The number of carbonyl (C=O) groups excluding carboxylic acids is 1. The van der Waals surface area contributed by atoms with Crippen molar-refractivity contribution in [2.75, 3.05) is 6.61 Å². The van der Waals surface area contributed by atoms with Gasteiger partial charge in [-0.2, -0.15) is 0 Å². The third kappa shape index (κ3) is 7.28. The van der Waals surface area contributed by atoms with E-state index in [1.165, 1.54) is 25.8 Å². The molecule has 0 unspecified atom stereocenters. The predicted octanol–water partition coefficient (Wildman–Crippen LogP) is 9.02. The van der Waals surface area contributed by atoms with Crippen molar-refractivity contribution in [1.29, 1.82) is 0 Å². The maximum absolute atomic E-state index is 12.5. The molecule has 0 spiro atoms. The van der Waals surface area contributed by atoms with Crippen LogP contribution in [0, 0.1) is 0 Å². The summed E-state index contributed by atoms with van der Waals surface area (Å²) in [5.41, 5.74) is 2.59. The van der Waals surface area contributed by atoms with Crippen molar-refractivity contribution >= 4 is 16.9 Å². The van der Waals surface area contributed by atoms with Crippen LogP contribution in [0.25, 0.3) is 0 Å². The average molecular weight is 546 g/mol. The zero-order chi connectivity index (χ0) is 28.3. The zero-order valence-electron chi connectivity index (χ0n) is 24.8. The van der Waals surface area contributed by atoms with Gasteiger partial charge in [-0.05, 0) is 103 Å². The van der Waals surface area contributed by atoms with Gasteiger partial charge in [0.25, 0.3) is 0 Å². The molecule has 4 heteroatoms. The summed E-state index contributed by atoms with van der Waals surface area (Å²) in [4.78, 5) is 16.3. The summed E-state index contributed by atoms with van der Waals surface area (Å²) in [6.07, 6.45) is 5.04. The number of ether oxygens (including phenoxy) is 2. The Labute approximate surface area is 238 Å². The van der Waals surface area contributed by atoms with Crippen LogP contribution in [0.2, 0.25) is 0 Å². The van der Waals surface area contributed by atoms with Gasteiger partial charge in [0.1, 0.15) is 11.4 Å².